The number of urea groups is 1. The molecule has 4 rings (SSSR count). The molecule has 0 spiro atoms. The van der Waals surface area contributed by atoms with Crippen LogP contribution in [-0.2, 0) is 16.2 Å². The molecule has 11 heteroatoms. The van der Waals surface area contributed by atoms with Crippen LogP contribution < -0.4 is 19.7 Å². The van der Waals surface area contributed by atoms with E-state index in [0.717, 1.165) is 14.9 Å². The number of halogens is 4. The predicted molar refractivity (Wildman–Crippen MR) is 145 cm³/mol. The number of benzene rings is 3. The number of amides is 4. The highest BCUT2D eigenvalue weighted by Crippen LogP contribution is 2.38. The first-order valence-corrected chi connectivity index (χ1v) is 12.6. The molecule has 0 aromatic heterocycles. The molecule has 1 saturated heterocycles. The molecule has 0 radical (unpaired) electrons. The summed E-state index contributed by atoms with van der Waals surface area (Å²) in [5.41, 5.74) is 1.38. The van der Waals surface area contributed by atoms with E-state index in [1.165, 1.54) is 13.2 Å². The second-order valence-electron chi connectivity index (χ2n) is 7.51. The van der Waals surface area contributed by atoms with Crippen LogP contribution in [0.1, 0.15) is 11.1 Å². The third kappa shape index (κ3) is 5.59. The monoisotopic (exact) mass is 652 g/mol. The maximum atomic E-state index is 13.1. The van der Waals surface area contributed by atoms with E-state index in [2.05, 4.69) is 37.2 Å². The summed E-state index contributed by atoms with van der Waals surface area (Å²) in [5.74, 6) is -0.771. The summed E-state index contributed by atoms with van der Waals surface area (Å²) in [6.45, 7) is 0.192. The normalized spacial score (nSPS) is 14.8. The Morgan fingerprint density at radius 1 is 0.972 bits per heavy atom. The summed E-state index contributed by atoms with van der Waals surface area (Å²) in [6.07, 6.45) is 1.38. The van der Waals surface area contributed by atoms with Crippen LogP contribution >= 0.6 is 55.1 Å². The third-order valence-corrected chi connectivity index (χ3v) is 6.97. The SMILES string of the molecule is COc1cc(/C=C2\C(=O)NC(=O)N(c3ccc(Br)cc3)C2=O)cc(Br)c1OCc1ccc(Cl)c(Cl)c1. The van der Waals surface area contributed by atoms with Crippen molar-refractivity contribution in [3.05, 3.63) is 90.3 Å². The lowest BCUT2D eigenvalue weighted by Crippen LogP contribution is -2.54. The van der Waals surface area contributed by atoms with Crippen LogP contribution in [0, 0.1) is 0 Å². The van der Waals surface area contributed by atoms with Crippen molar-refractivity contribution in [2.45, 2.75) is 6.61 Å². The molecular weight excluding hydrogens is 639 g/mol. The van der Waals surface area contributed by atoms with Gasteiger partial charge in [0, 0.05) is 4.47 Å². The van der Waals surface area contributed by atoms with E-state index in [4.69, 9.17) is 32.7 Å². The molecule has 4 amide bonds. The third-order valence-electron chi connectivity index (χ3n) is 5.12. The van der Waals surface area contributed by atoms with Gasteiger partial charge < -0.3 is 9.47 Å². The first-order valence-electron chi connectivity index (χ1n) is 10.3. The van der Waals surface area contributed by atoms with Crippen molar-refractivity contribution in [3.8, 4) is 11.5 Å². The van der Waals surface area contributed by atoms with Gasteiger partial charge in [-0.2, -0.15) is 0 Å². The van der Waals surface area contributed by atoms with Crippen molar-refractivity contribution in [3.63, 3.8) is 0 Å². The van der Waals surface area contributed by atoms with Crippen molar-refractivity contribution in [1.29, 1.82) is 0 Å². The highest BCUT2D eigenvalue weighted by molar-refractivity contribution is 9.10. The number of barbiturate groups is 1. The van der Waals surface area contributed by atoms with Crippen LogP contribution in [0.4, 0.5) is 10.5 Å². The zero-order chi connectivity index (χ0) is 26.0. The van der Waals surface area contributed by atoms with Crippen molar-refractivity contribution in [2.75, 3.05) is 12.0 Å². The van der Waals surface area contributed by atoms with Gasteiger partial charge in [0.25, 0.3) is 11.8 Å². The Hall–Kier alpha value is -2.85. The number of carbonyl (C=O) groups excluding carboxylic acids is 3. The highest BCUT2D eigenvalue weighted by Gasteiger charge is 2.36. The van der Waals surface area contributed by atoms with Crippen LogP contribution in [0.2, 0.25) is 10.0 Å². The van der Waals surface area contributed by atoms with Gasteiger partial charge >= 0.3 is 6.03 Å². The average Bonchev–Trinajstić information content (AvgIpc) is 2.84. The quantitative estimate of drug-likeness (QED) is 0.234. The fourth-order valence-corrected chi connectivity index (χ4v) is 4.56. The van der Waals surface area contributed by atoms with Gasteiger partial charge in [0.15, 0.2) is 11.5 Å². The summed E-state index contributed by atoms with van der Waals surface area (Å²) in [4.78, 5) is 39.0. The predicted octanol–water partition coefficient (Wildman–Crippen LogP) is 6.77. The number of rotatable bonds is 6. The maximum Gasteiger partial charge on any atom is 0.335 e. The molecule has 7 nitrogen and oxygen atoms in total. The lowest BCUT2D eigenvalue weighted by atomic mass is 10.1. The van der Waals surface area contributed by atoms with Crippen LogP contribution in [0.15, 0.2) is 69.1 Å². The number of methoxy groups -OCH3 is 1. The number of nitrogens with one attached hydrogen (secondary N) is 1. The second kappa shape index (κ2) is 11.0. The lowest BCUT2D eigenvalue weighted by molar-refractivity contribution is -0.122. The molecule has 1 N–H and O–H groups in total. The zero-order valence-electron chi connectivity index (χ0n) is 18.5. The van der Waals surface area contributed by atoms with E-state index in [1.54, 1.807) is 54.6 Å². The fourth-order valence-electron chi connectivity index (χ4n) is 3.40. The molecule has 1 aliphatic heterocycles. The number of hydrogen-bond acceptors (Lipinski definition) is 5. The van der Waals surface area contributed by atoms with Gasteiger partial charge in [0.2, 0.25) is 0 Å². The molecule has 184 valence electrons. The average molecular weight is 655 g/mol. The Labute approximate surface area is 233 Å². The van der Waals surface area contributed by atoms with Gasteiger partial charge in [-0.25, -0.2) is 9.69 Å². The Morgan fingerprint density at radius 2 is 1.69 bits per heavy atom. The van der Waals surface area contributed by atoms with Gasteiger partial charge in [-0.1, -0.05) is 45.2 Å². The number of anilines is 1. The van der Waals surface area contributed by atoms with Crippen molar-refractivity contribution in [2.24, 2.45) is 0 Å². The molecule has 0 aliphatic carbocycles. The lowest BCUT2D eigenvalue weighted by Gasteiger charge is -2.26. The van der Waals surface area contributed by atoms with Crippen LogP contribution in [0.5, 0.6) is 11.5 Å². The first-order chi connectivity index (χ1) is 17.2. The number of nitrogens with zero attached hydrogens (tertiary/aromatic N) is 1. The molecular formula is C25H16Br2Cl2N2O5. The first kappa shape index (κ1) is 26.2. The van der Waals surface area contributed by atoms with Crippen LogP contribution in [0.3, 0.4) is 0 Å². The number of carbonyl (C=O) groups is 3. The van der Waals surface area contributed by atoms with Crippen molar-refractivity contribution >= 4 is 84.7 Å². The van der Waals surface area contributed by atoms with E-state index in [9.17, 15) is 14.4 Å². The Kier molecular flexibility index (Phi) is 8.04. The Balaban J connectivity index is 1.63. The molecule has 0 saturated carbocycles. The molecule has 3 aromatic rings. The minimum Gasteiger partial charge on any atom is -0.493 e. The zero-order valence-corrected chi connectivity index (χ0v) is 23.2. The van der Waals surface area contributed by atoms with Gasteiger partial charge in [0.1, 0.15) is 12.2 Å². The van der Waals surface area contributed by atoms with Gasteiger partial charge in [-0.05, 0) is 81.7 Å². The molecule has 36 heavy (non-hydrogen) atoms. The van der Waals surface area contributed by atoms with E-state index >= 15 is 0 Å². The number of imide groups is 2. The minimum absolute atomic E-state index is 0.192. The molecule has 0 atom stereocenters. The topological polar surface area (TPSA) is 84.9 Å². The molecule has 1 aliphatic rings. The van der Waals surface area contributed by atoms with Gasteiger partial charge in [-0.15, -0.1) is 0 Å². The smallest absolute Gasteiger partial charge is 0.335 e. The maximum absolute atomic E-state index is 13.1. The van der Waals surface area contributed by atoms with Crippen LogP contribution in [0.25, 0.3) is 6.08 Å². The van der Waals surface area contributed by atoms with Gasteiger partial charge in [-0.3, -0.25) is 14.9 Å². The molecule has 3 aromatic carbocycles. The standard InChI is InChI=1S/C25H16Br2Cl2N2O5/c1-35-21-11-14(9-18(27)22(21)36-12-13-2-7-19(28)20(29)10-13)8-17-23(32)30-25(34)31(24(17)33)16-5-3-15(26)4-6-16/h2-11H,12H2,1H3,(H,30,32,34)/b17-8+. The van der Waals surface area contributed by atoms with E-state index < -0.39 is 17.8 Å². The Bertz CT molecular complexity index is 1410. The van der Waals surface area contributed by atoms with Crippen LogP contribution in [-0.4, -0.2) is 25.0 Å². The summed E-state index contributed by atoms with van der Waals surface area (Å²) >= 11 is 18.8. The van der Waals surface area contributed by atoms with E-state index in [1.807, 2.05) is 0 Å². The minimum atomic E-state index is -0.825. The summed E-state index contributed by atoms with van der Waals surface area (Å²) < 4.78 is 12.7. The fraction of sp³-hybridized carbons (Fsp3) is 0.0800. The molecule has 1 heterocycles. The Morgan fingerprint density at radius 3 is 2.36 bits per heavy atom. The molecule has 1 fully saturated rings. The molecule has 0 unspecified atom stereocenters. The van der Waals surface area contributed by atoms with Gasteiger partial charge in [0.05, 0.1) is 27.3 Å². The van der Waals surface area contributed by atoms with Crippen molar-refractivity contribution in [1.82, 2.24) is 5.32 Å². The molecule has 0 bridgehead atoms. The summed E-state index contributed by atoms with van der Waals surface area (Å²) in [7, 11) is 1.47. The second-order valence-corrected chi connectivity index (χ2v) is 10.1. The van der Waals surface area contributed by atoms with E-state index in [-0.39, 0.29) is 12.2 Å². The summed E-state index contributed by atoms with van der Waals surface area (Å²) in [5, 5.41) is 3.06. The summed E-state index contributed by atoms with van der Waals surface area (Å²) in [6, 6.07) is 14.2. The number of hydrogen-bond donors (Lipinski definition) is 1. The number of ether oxygens (including phenoxy) is 2. The largest absolute Gasteiger partial charge is 0.493 e. The van der Waals surface area contributed by atoms with Crippen molar-refractivity contribution < 1.29 is 23.9 Å². The van der Waals surface area contributed by atoms with E-state index in [0.29, 0.717) is 37.3 Å². The highest BCUT2D eigenvalue weighted by atomic mass is 79.9.